The van der Waals surface area contributed by atoms with Gasteiger partial charge in [-0.25, -0.2) is 0 Å². The minimum absolute atomic E-state index is 0.124. The lowest BCUT2D eigenvalue weighted by atomic mass is 10.0. The number of rotatable bonds is 2. The van der Waals surface area contributed by atoms with Crippen molar-refractivity contribution in [2.24, 2.45) is 0 Å². The number of carbonyl (C=O) groups is 1. The maximum atomic E-state index is 12.2. The molecule has 1 amide bonds. The van der Waals surface area contributed by atoms with Gasteiger partial charge in [0.2, 0.25) is 5.91 Å². The molecule has 6 nitrogen and oxygen atoms in total. The number of aryl methyl sites for hydroxylation is 1. The number of nitrogens with one attached hydrogen (secondary N) is 1. The van der Waals surface area contributed by atoms with Gasteiger partial charge in [-0.2, -0.15) is 5.10 Å². The van der Waals surface area contributed by atoms with E-state index in [1.54, 1.807) is 0 Å². The fourth-order valence-corrected chi connectivity index (χ4v) is 2.71. The third-order valence-corrected chi connectivity index (χ3v) is 3.78. The van der Waals surface area contributed by atoms with Crippen molar-refractivity contribution < 1.29 is 14.3 Å². The highest BCUT2D eigenvalue weighted by atomic mass is 16.7. The van der Waals surface area contributed by atoms with E-state index in [4.69, 9.17) is 9.47 Å². The Hall–Kier alpha value is -1.40. The van der Waals surface area contributed by atoms with Crippen molar-refractivity contribution >= 4 is 5.91 Å². The number of nitrogens with zero attached hydrogens (tertiary/aromatic N) is 2. The highest BCUT2D eigenvalue weighted by Gasteiger charge is 2.40. The molecule has 0 bridgehead atoms. The number of piperidine rings is 1. The normalized spacial score (nSPS) is 22.1. The number of ether oxygens (including phenoxy) is 2. The number of hydrogen-bond acceptors (Lipinski definition) is 4. The Bertz CT molecular complexity index is 455. The fourth-order valence-electron chi connectivity index (χ4n) is 2.71. The van der Waals surface area contributed by atoms with Crippen LogP contribution in [0.5, 0.6) is 0 Å². The number of aromatic nitrogens is 2. The first-order valence-corrected chi connectivity index (χ1v) is 6.73. The second-order valence-electron chi connectivity index (χ2n) is 5.21. The van der Waals surface area contributed by atoms with E-state index in [2.05, 4.69) is 10.2 Å². The summed E-state index contributed by atoms with van der Waals surface area (Å²) in [5, 5.41) is 6.96. The van der Waals surface area contributed by atoms with E-state index in [-0.39, 0.29) is 5.91 Å². The number of likely N-dealkylation sites (tertiary alicyclic amines) is 1. The van der Waals surface area contributed by atoms with Crippen molar-refractivity contribution in [3.05, 3.63) is 17.5 Å². The summed E-state index contributed by atoms with van der Waals surface area (Å²) in [5.41, 5.74) is 1.78. The highest BCUT2D eigenvalue weighted by Crippen LogP contribution is 2.31. The molecule has 2 fully saturated rings. The van der Waals surface area contributed by atoms with Gasteiger partial charge in [-0.1, -0.05) is 0 Å². The van der Waals surface area contributed by atoms with Crippen LogP contribution in [0.4, 0.5) is 0 Å². The molecule has 3 heterocycles. The molecule has 104 valence electrons. The van der Waals surface area contributed by atoms with Crippen LogP contribution >= 0.6 is 0 Å². The van der Waals surface area contributed by atoms with Crippen molar-refractivity contribution in [2.45, 2.75) is 32.0 Å². The van der Waals surface area contributed by atoms with Gasteiger partial charge < -0.3 is 14.4 Å². The van der Waals surface area contributed by atoms with E-state index in [0.717, 1.165) is 24.2 Å². The van der Waals surface area contributed by atoms with E-state index in [1.165, 1.54) is 0 Å². The Morgan fingerprint density at radius 1 is 1.42 bits per heavy atom. The van der Waals surface area contributed by atoms with Gasteiger partial charge in [-0.15, -0.1) is 0 Å². The lowest BCUT2D eigenvalue weighted by Crippen LogP contribution is -2.47. The van der Waals surface area contributed by atoms with E-state index in [1.807, 2.05) is 17.9 Å². The van der Waals surface area contributed by atoms with Crippen LogP contribution in [0.3, 0.4) is 0 Å². The third-order valence-electron chi connectivity index (χ3n) is 3.78. The van der Waals surface area contributed by atoms with E-state index < -0.39 is 5.79 Å². The second-order valence-corrected chi connectivity index (χ2v) is 5.21. The summed E-state index contributed by atoms with van der Waals surface area (Å²) < 4.78 is 11.3. The molecule has 19 heavy (non-hydrogen) atoms. The zero-order chi connectivity index (χ0) is 13.3. The van der Waals surface area contributed by atoms with Gasteiger partial charge in [0.1, 0.15) is 0 Å². The van der Waals surface area contributed by atoms with Gasteiger partial charge in [0.25, 0.3) is 0 Å². The molecule has 1 N–H and O–H groups in total. The first-order chi connectivity index (χ1) is 9.17. The van der Waals surface area contributed by atoms with Gasteiger partial charge in [-0.3, -0.25) is 9.89 Å². The van der Waals surface area contributed by atoms with Crippen molar-refractivity contribution in [3.63, 3.8) is 0 Å². The summed E-state index contributed by atoms with van der Waals surface area (Å²) in [6.07, 6.45) is 1.88. The minimum Gasteiger partial charge on any atom is -0.347 e. The zero-order valence-corrected chi connectivity index (χ0v) is 11.1. The Labute approximate surface area is 112 Å². The van der Waals surface area contributed by atoms with E-state index in [0.29, 0.717) is 32.7 Å². The monoisotopic (exact) mass is 265 g/mol. The SMILES string of the molecule is Cc1cc(CC(=O)N2CCC3(CC2)OCCO3)n[nH]1. The molecule has 2 aliphatic rings. The molecule has 6 heteroatoms. The van der Waals surface area contributed by atoms with Crippen LogP contribution in [0.15, 0.2) is 6.07 Å². The maximum Gasteiger partial charge on any atom is 0.228 e. The van der Waals surface area contributed by atoms with Crippen LogP contribution in [-0.4, -0.2) is 53.1 Å². The van der Waals surface area contributed by atoms with E-state index >= 15 is 0 Å². The molecule has 0 aromatic carbocycles. The van der Waals surface area contributed by atoms with Crippen molar-refractivity contribution in [2.75, 3.05) is 26.3 Å². The predicted molar refractivity (Wildman–Crippen MR) is 67.5 cm³/mol. The standard InChI is InChI=1S/C13H19N3O3/c1-10-8-11(15-14-10)9-12(17)16-4-2-13(3-5-16)18-6-7-19-13/h8H,2-7,9H2,1H3,(H,14,15). The quantitative estimate of drug-likeness (QED) is 0.851. The van der Waals surface area contributed by atoms with Crippen molar-refractivity contribution in [1.82, 2.24) is 15.1 Å². The topological polar surface area (TPSA) is 67.5 Å². The van der Waals surface area contributed by atoms with Crippen LogP contribution in [0.2, 0.25) is 0 Å². The van der Waals surface area contributed by atoms with Gasteiger partial charge in [0.05, 0.1) is 25.3 Å². The molecule has 1 aromatic heterocycles. The number of hydrogen-bond donors (Lipinski definition) is 1. The molecule has 0 saturated carbocycles. The van der Waals surface area contributed by atoms with Crippen LogP contribution in [0.1, 0.15) is 24.2 Å². The third kappa shape index (κ3) is 2.64. The van der Waals surface area contributed by atoms with Gasteiger partial charge in [-0.05, 0) is 13.0 Å². The minimum atomic E-state index is -0.417. The summed E-state index contributed by atoms with van der Waals surface area (Å²) in [6, 6.07) is 1.91. The molecule has 0 atom stereocenters. The van der Waals surface area contributed by atoms with Gasteiger partial charge in [0, 0.05) is 31.6 Å². The molecule has 1 aromatic rings. The van der Waals surface area contributed by atoms with Crippen LogP contribution in [-0.2, 0) is 20.7 Å². The fraction of sp³-hybridized carbons (Fsp3) is 0.692. The predicted octanol–water partition coefficient (Wildman–Crippen LogP) is 0.626. The van der Waals surface area contributed by atoms with Gasteiger partial charge >= 0.3 is 0 Å². The molecular weight excluding hydrogens is 246 g/mol. The summed E-state index contributed by atoms with van der Waals surface area (Å²) in [4.78, 5) is 14.0. The Morgan fingerprint density at radius 2 is 2.11 bits per heavy atom. The molecular formula is C13H19N3O3. The molecule has 1 spiro atoms. The van der Waals surface area contributed by atoms with Crippen molar-refractivity contribution in [3.8, 4) is 0 Å². The number of amides is 1. The number of H-pyrrole nitrogens is 1. The molecule has 2 saturated heterocycles. The number of carbonyl (C=O) groups excluding carboxylic acids is 1. The lowest BCUT2D eigenvalue weighted by molar-refractivity contribution is -0.187. The van der Waals surface area contributed by atoms with Crippen LogP contribution < -0.4 is 0 Å². The Morgan fingerprint density at radius 3 is 2.68 bits per heavy atom. The average Bonchev–Trinajstić information content (AvgIpc) is 3.00. The molecule has 0 aliphatic carbocycles. The first-order valence-electron chi connectivity index (χ1n) is 6.73. The molecule has 3 rings (SSSR count). The summed E-state index contributed by atoms with van der Waals surface area (Å²) in [6.45, 7) is 4.66. The molecule has 2 aliphatic heterocycles. The first kappa shape index (κ1) is 12.6. The van der Waals surface area contributed by atoms with Gasteiger partial charge in [0.15, 0.2) is 5.79 Å². The molecule has 0 radical (unpaired) electrons. The Kier molecular flexibility index (Phi) is 3.28. The summed E-state index contributed by atoms with van der Waals surface area (Å²) >= 11 is 0. The molecule has 0 unspecified atom stereocenters. The van der Waals surface area contributed by atoms with Crippen LogP contribution in [0.25, 0.3) is 0 Å². The number of aromatic amines is 1. The van der Waals surface area contributed by atoms with Crippen LogP contribution in [0, 0.1) is 6.92 Å². The highest BCUT2D eigenvalue weighted by molar-refractivity contribution is 5.78. The summed E-state index contributed by atoms with van der Waals surface area (Å²) in [5.74, 6) is -0.293. The average molecular weight is 265 g/mol. The zero-order valence-electron chi connectivity index (χ0n) is 11.1. The Balaban J connectivity index is 1.54. The van der Waals surface area contributed by atoms with E-state index in [9.17, 15) is 4.79 Å². The van der Waals surface area contributed by atoms with Crippen molar-refractivity contribution in [1.29, 1.82) is 0 Å². The largest absolute Gasteiger partial charge is 0.347 e. The maximum absolute atomic E-state index is 12.2. The second kappa shape index (κ2) is 4.94. The lowest BCUT2D eigenvalue weighted by Gasteiger charge is -2.37. The smallest absolute Gasteiger partial charge is 0.228 e. The summed E-state index contributed by atoms with van der Waals surface area (Å²) in [7, 11) is 0.